The van der Waals surface area contributed by atoms with Crippen LogP contribution in [0.15, 0.2) is 41.1 Å². The van der Waals surface area contributed by atoms with Crippen LogP contribution in [0, 0.1) is 0 Å². The second-order valence-corrected chi connectivity index (χ2v) is 7.01. The summed E-state index contributed by atoms with van der Waals surface area (Å²) < 4.78 is 2.75. The van der Waals surface area contributed by atoms with Gasteiger partial charge in [0.15, 0.2) is 0 Å². The van der Waals surface area contributed by atoms with Crippen molar-refractivity contribution in [2.45, 2.75) is 6.42 Å². The highest BCUT2D eigenvalue weighted by Crippen LogP contribution is 2.37. The van der Waals surface area contributed by atoms with Gasteiger partial charge in [-0.2, -0.15) is 5.10 Å². The van der Waals surface area contributed by atoms with Gasteiger partial charge in [0.2, 0.25) is 0 Å². The Kier molecular flexibility index (Phi) is 3.79. The van der Waals surface area contributed by atoms with Crippen molar-refractivity contribution < 1.29 is 0 Å². The van der Waals surface area contributed by atoms with Gasteiger partial charge < -0.3 is 5.32 Å². The highest BCUT2D eigenvalue weighted by molar-refractivity contribution is 9.10. The molecule has 0 atom stereocenters. The third kappa shape index (κ3) is 2.63. The van der Waals surface area contributed by atoms with Gasteiger partial charge in [-0.1, -0.05) is 23.2 Å². The molecule has 1 aliphatic rings. The molecule has 116 valence electrons. The second-order valence-electron chi connectivity index (χ2n) is 5.25. The largest absolute Gasteiger partial charge is 0.369 e. The predicted molar refractivity (Wildman–Crippen MR) is 96.7 cm³/mol. The van der Waals surface area contributed by atoms with Crippen molar-refractivity contribution in [2.75, 3.05) is 11.9 Å². The first-order valence-corrected chi connectivity index (χ1v) is 8.60. The lowest BCUT2D eigenvalue weighted by atomic mass is 10.1. The highest BCUT2D eigenvalue weighted by atomic mass is 79.9. The Morgan fingerprint density at radius 1 is 1.17 bits per heavy atom. The predicted octanol–water partition coefficient (Wildman–Crippen LogP) is 4.97. The van der Waals surface area contributed by atoms with Gasteiger partial charge in [-0.15, -0.1) is 0 Å². The summed E-state index contributed by atoms with van der Waals surface area (Å²) in [4.78, 5) is 4.24. The Bertz CT molecular complexity index is 907. The molecule has 3 heterocycles. The molecule has 0 radical (unpaired) electrons. The van der Waals surface area contributed by atoms with Crippen molar-refractivity contribution in [1.82, 2.24) is 14.8 Å². The van der Waals surface area contributed by atoms with Crippen LogP contribution in [0.1, 0.15) is 5.56 Å². The topological polar surface area (TPSA) is 42.7 Å². The first-order valence-electron chi connectivity index (χ1n) is 7.05. The molecular weight excluding hydrogens is 399 g/mol. The lowest BCUT2D eigenvalue weighted by molar-refractivity contribution is 0.882. The van der Waals surface area contributed by atoms with E-state index in [0.717, 1.165) is 40.2 Å². The molecular formula is C16H11BrCl2N4. The fourth-order valence-corrected chi connectivity index (χ4v) is 3.50. The molecule has 0 bridgehead atoms. The Morgan fingerprint density at radius 2 is 2.04 bits per heavy atom. The zero-order valence-corrected chi connectivity index (χ0v) is 15.0. The van der Waals surface area contributed by atoms with Crippen LogP contribution < -0.4 is 5.32 Å². The van der Waals surface area contributed by atoms with Crippen molar-refractivity contribution >= 4 is 44.9 Å². The molecule has 0 aliphatic carbocycles. The van der Waals surface area contributed by atoms with Crippen LogP contribution in [0.5, 0.6) is 0 Å². The van der Waals surface area contributed by atoms with Gasteiger partial charge in [0.05, 0.1) is 16.4 Å². The van der Waals surface area contributed by atoms with E-state index in [2.05, 4.69) is 26.2 Å². The molecule has 3 aromatic rings. The highest BCUT2D eigenvalue weighted by Gasteiger charge is 2.25. The third-order valence-corrected chi connectivity index (χ3v) is 4.75. The average molecular weight is 410 g/mol. The standard InChI is InChI=1S/C16H11BrCl2N4/c17-10-5-9(7-20-8-10)15-12-3-4-21-16(12)23(22-15)14-6-11(18)1-2-13(14)19/h1-2,5-8,21H,3-4H2. The fourth-order valence-electron chi connectivity index (χ4n) is 2.77. The molecule has 0 saturated heterocycles. The number of rotatable bonds is 2. The molecule has 7 heteroatoms. The smallest absolute Gasteiger partial charge is 0.133 e. The van der Waals surface area contributed by atoms with Gasteiger partial charge in [0.25, 0.3) is 0 Å². The van der Waals surface area contributed by atoms with Crippen LogP contribution in [0.25, 0.3) is 16.9 Å². The number of hydrogen-bond donors (Lipinski definition) is 1. The number of anilines is 1. The molecule has 0 spiro atoms. The number of fused-ring (bicyclic) bond motifs is 1. The summed E-state index contributed by atoms with van der Waals surface area (Å²) in [6.07, 6.45) is 4.48. The van der Waals surface area contributed by atoms with Gasteiger partial charge in [0.1, 0.15) is 5.82 Å². The zero-order valence-electron chi connectivity index (χ0n) is 11.9. The maximum absolute atomic E-state index is 6.35. The number of hydrogen-bond acceptors (Lipinski definition) is 3. The minimum atomic E-state index is 0.604. The fraction of sp³-hybridized carbons (Fsp3) is 0.125. The number of pyridine rings is 1. The Morgan fingerprint density at radius 3 is 2.87 bits per heavy atom. The normalized spacial score (nSPS) is 13.0. The Balaban J connectivity index is 1.93. The molecule has 0 amide bonds. The first-order chi connectivity index (χ1) is 11.1. The maximum atomic E-state index is 6.35. The van der Waals surface area contributed by atoms with Gasteiger partial charge in [0, 0.05) is 39.6 Å². The van der Waals surface area contributed by atoms with Crippen molar-refractivity contribution in [1.29, 1.82) is 0 Å². The number of halogens is 3. The van der Waals surface area contributed by atoms with Crippen LogP contribution in [0.2, 0.25) is 10.0 Å². The molecule has 0 saturated carbocycles. The molecule has 23 heavy (non-hydrogen) atoms. The quantitative estimate of drug-likeness (QED) is 0.649. The lowest BCUT2D eigenvalue weighted by Crippen LogP contribution is -2.05. The zero-order chi connectivity index (χ0) is 16.0. The van der Waals surface area contributed by atoms with E-state index >= 15 is 0 Å². The van der Waals surface area contributed by atoms with E-state index in [9.17, 15) is 0 Å². The van der Waals surface area contributed by atoms with E-state index in [1.54, 1.807) is 18.3 Å². The van der Waals surface area contributed by atoms with E-state index in [-0.39, 0.29) is 0 Å². The molecule has 1 aromatic carbocycles. The summed E-state index contributed by atoms with van der Waals surface area (Å²) in [5.74, 6) is 0.962. The molecule has 4 rings (SSSR count). The van der Waals surface area contributed by atoms with Gasteiger partial charge in [-0.05, 0) is 46.6 Å². The Hall–Kier alpha value is -1.56. The molecule has 2 aromatic heterocycles. The second kappa shape index (κ2) is 5.82. The molecule has 0 unspecified atom stereocenters. The first kappa shape index (κ1) is 15.0. The van der Waals surface area contributed by atoms with E-state index in [4.69, 9.17) is 28.3 Å². The van der Waals surface area contributed by atoms with Crippen LogP contribution in [0.3, 0.4) is 0 Å². The number of benzene rings is 1. The number of aromatic nitrogens is 3. The third-order valence-electron chi connectivity index (χ3n) is 3.77. The maximum Gasteiger partial charge on any atom is 0.133 e. The van der Waals surface area contributed by atoms with Crippen LogP contribution in [-0.4, -0.2) is 21.3 Å². The summed E-state index contributed by atoms with van der Waals surface area (Å²) in [6, 6.07) is 7.38. The van der Waals surface area contributed by atoms with Crippen LogP contribution >= 0.6 is 39.1 Å². The van der Waals surface area contributed by atoms with Crippen LogP contribution in [-0.2, 0) is 6.42 Å². The minimum absolute atomic E-state index is 0.604. The van der Waals surface area contributed by atoms with E-state index in [1.807, 2.05) is 23.0 Å². The molecule has 1 N–H and O–H groups in total. The summed E-state index contributed by atoms with van der Waals surface area (Å²) in [6.45, 7) is 0.875. The van der Waals surface area contributed by atoms with Crippen molar-refractivity contribution in [3.63, 3.8) is 0 Å². The van der Waals surface area contributed by atoms with E-state index < -0.39 is 0 Å². The van der Waals surface area contributed by atoms with Gasteiger partial charge in [-0.25, -0.2) is 4.68 Å². The van der Waals surface area contributed by atoms with Crippen molar-refractivity contribution in [3.8, 4) is 16.9 Å². The number of nitrogens with zero attached hydrogens (tertiary/aromatic N) is 3. The van der Waals surface area contributed by atoms with Crippen molar-refractivity contribution in [2.24, 2.45) is 0 Å². The molecule has 0 fully saturated rings. The lowest BCUT2D eigenvalue weighted by Gasteiger charge is -2.08. The SMILES string of the molecule is Clc1ccc(Cl)c(-n2nc(-c3cncc(Br)c3)c3c2NCC3)c1. The number of nitrogens with one attached hydrogen (secondary N) is 1. The summed E-state index contributed by atoms with van der Waals surface area (Å²) in [5, 5.41) is 9.38. The van der Waals surface area contributed by atoms with Gasteiger partial charge >= 0.3 is 0 Å². The average Bonchev–Trinajstić information content (AvgIpc) is 3.12. The van der Waals surface area contributed by atoms with E-state index in [1.165, 1.54) is 5.56 Å². The van der Waals surface area contributed by atoms with Gasteiger partial charge in [-0.3, -0.25) is 4.98 Å². The summed E-state index contributed by atoms with van der Waals surface area (Å²) >= 11 is 15.9. The van der Waals surface area contributed by atoms with E-state index in [0.29, 0.717) is 10.0 Å². The summed E-state index contributed by atoms with van der Waals surface area (Å²) in [7, 11) is 0. The molecule has 4 nitrogen and oxygen atoms in total. The monoisotopic (exact) mass is 408 g/mol. The summed E-state index contributed by atoms with van der Waals surface area (Å²) in [5.41, 5.74) is 3.81. The minimum Gasteiger partial charge on any atom is -0.369 e. The van der Waals surface area contributed by atoms with Crippen molar-refractivity contribution in [3.05, 3.63) is 56.7 Å². The molecule has 1 aliphatic heterocycles. The Labute approximate surface area is 151 Å². The van der Waals surface area contributed by atoms with Crippen LogP contribution in [0.4, 0.5) is 5.82 Å².